The molecule has 0 radical (unpaired) electrons. The van der Waals surface area contributed by atoms with Crippen LogP contribution in [0, 0.1) is 5.92 Å². The second-order valence-corrected chi connectivity index (χ2v) is 7.35. The summed E-state index contributed by atoms with van der Waals surface area (Å²) in [7, 11) is 0. The van der Waals surface area contributed by atoms with Gasteiger partial charge in [0.1, 0.15) is 0 Å². The van der Waals surface area contributed by atoms with Gasteiger partial charge in [-0.25, -0.2) is 0 Å². The topological polar surface area (TPSA) is 71.6 Å². The van der Waals surface area contributed by atoms with Crippen LogP contribution in [0.5, 0.6) is 11.5 Å². The van der Waals surface area contributed by atoms with Crippen molar-refractivity contribution in [3.63, 3.8) is 0 Å². The Kier molecular flexibility index (Phi) is 6.94. The molecule has 1 fully saturated rings. The smallest absolute Gasteiger partial charge is 0.238 e. The first-order valence-corrected chi connectivity index (χ1v) is 9.83. The number of amides is 1. The fourth-order valence-electron chi connectivity index (χ4n) is 3.49. The number of nitrogens with one attached hydrogen (secondary N) is 3. The van der Waals surface area contributed by atoms with Crippen LogP contribution in [0.3, 0.4) is 0 Å². The summed E-state index contributed by atoms with van der Waals surface area (Å²) in [4.78, 5) is 11.9. The maximum atomic E-state index is 11.9. The Labute approximate surface area is 160 Å². The summed E-state index contributed by atoms with van der Waals surface area (Å²) in [5.74, 6) is 2.30. The molecule has 7 heteroatoms. The second kappa shape index (κ2) is 9.62. The first-order chi connectivity index (χ1) is 12.7. The van der Waals surface area contributed by atoms with Crippen LogP contribution in [0.2, 0.25) is 0 Å². The van der Waals surface area contributed by atoms with E-state index in [9.17, 15) is 4.79 Å². The van der Waals surface area contributed by atoms with Crippen LogP contribution in [-0.4, -0.2) is 17.8 Å². The van der Waals surface area contributed by atoms with Crippen molar-refractivity contribution in [1.29, 1.82) is 0 Å². The van der Waals surface area contributed by atoms with Gasteiger partial charge in [-0.3, -0.25) is 15.6 Å². The Morgan fingerprint density at radius 2 is 1.92 bits per heavy atom. The Morgan fingerprint density at radius 3 is 2.77 bits per heavy atom. The molecular formula is C19H27N3O3S. The lowest BCUT2D eigenvalue weighted by Gasteiger charge is -2.21. The Bertz CT molecular complexity index is 632. The molecule has 0 unspecified atom stereocenters. The van der Waals surface area contributed by atoms with Gasteiger partial charge in [0.2, 0.25) is 12.7 Å². The van der Waals surface area contributed by atoms with E-state index in [-0.39, 0.29) is 12.7 Å². The summed E-state index contributed by atoms with van der Waals surface area (Å²) < 4.78 is 10.6. The van der Waals surface area contributed by atoms with E-state index in [0.717, 1.165) is 35.8 Å². The lowest BCUT2D eigenvalue weighted by Crippen LogP contribution is -2.46. The van der Waals surface area contributed by atoms with Crippen LogP contribution in [0.1, 0.15) is 56.9 Å². The number of ether oxygens (including phenoxy) is 2. The van der Waals surface area contributed by atoms with E-state index in [0.29, 0.717) is 18.1 Å². The summed E-state index contributed by atoms with van der Waals surface area (Å²) in [5, 5.41) is 3.45. The molecule has 1 saturated carbocycles. The van der Waals surface area contributed by atoms with Crippen LogP contribution >= 0.6 is 12.2 Å². The molecule has 1 aromatic carbocycles. The number of carbonyl (C=O) groups excluding carboxylic acids is 1. The third kappa shape index (κ3) is 5.76. The minimum absolute atomic E-state index is 0.0203. The zero-order valence-electron chi connectivity index (χ0n) is 15.0. The van der Waals surface area contributed by atoms with Gasteiger partial charge in [0.25, 0.3) is 0 Å². The molecule has 26 heavy (non-hydrogen) atoms. The Balaban J connectivity index is 1.28. The van der Waals surface area contributed by atoms with E-state index >= 15 is 0 Å². The van der Waals surface area contributed by atoms with Crippen molar-refractivity contribution in [2.45, 2.75) is 57.9 Å². The van der Waals surface area contributed by atoms with Crippen molar-refractivity contribution < 1.29 is 14.3 Å². The highest BCUT2D eigenvalue weighted by atomic mass is 32.1. The molecule has 0 bridgehead atoms. The molecule has 2 aliphatic rings. The summed E-state index contributed by atoms with van der Waals surface area (Å²) in [6.07, 6.45) is 9.35. The van der Waals surface area contributed by atoms with Crippen molar-refractivity contribution in [3.8, 4) is 11.5 Å². The van der Waals surface area contributed by atoms with E-state index in [4.69, 9.17) is 21.7 Å². The van der Waals surface area contributed by atoms with Crippen LogP contribution in [0.25, 0.3) is 0 Å². The van der Waals surface area contributed by atoms with E-state index in [1.54, 1.807) is 0 Å². The van der Waals surface area contributed by atoms with Gasteiger partial charge in [0.15, 0.2) is 16.6 Å². The molecule has 3 N–H and O–H groups in total. The van der Waals surface area contributed by atoms with Gasteiger partial charge in [0.05, 0.1) is 0 Å². The minimum Gasteiger partial charge on any atom is -0.454 e. The van der Waals surface area contributed by atoms with Gasteiger partial charge in [-0.2, -0.15) is 0 Å². The molecule has 1 amide bonds. The second-order valence-electron chi connectivity index (χ2n) is 6.94. The zero-order chi connectivity index (χ0) is 18.2. The fraction of sp³-hybridized carbons (Fsp3) is 0.579. The normalized spacial score (nSPS) is 16.2. The predicted octanol–water partition coefficient (Wildman–Crippen LogP) is 3.16. The Morgan fingerprint density at radius 1 is 1.12 bits per heavy atom. The van der Waals surface area contributed by atoms with Gasteiger partial charge in [0, 0.05) is 13.0 Å². The molecule has 0 aromatic heterocycles. The van der Waals surface area contributed by atoms with Crippen molar-refractivity contribution in [1.82, 2.24) is 16.2 Å². The number of rotatable bonds is 6. The Hall–Kier alpha value is -2.02. The van der Waals surface area contributed by atoms with Gasteiger partial charge in [-0.1, -0.05) is 38.2 Å². The number of thiocarbonyl (C=S) groups is 1. The number of fused-ring (bicyclic) bond motifs is 1. The van der Waals surface area contributed by atoms with Gasteiger partial charge in [-0.15, -0.1) is 0 Å². The van der Waals surface area contributed by atoms with Gasteiger partial charge >= 0.3 is 0 Å². The van der Waals surface area contributed by atoms with E-state index < -0.39 is 0 Å². The van der Waals surface area contributed by atoms with E-state index in [2.05, 4.69) is 16.2 Å². The van der Waals surface area contributed by atoms with Crippen LogP contribution in [0.4, 0.5) is 0 Å². The third-order valence-corrected chi connectivity index (χ3v) is 5.19. The summed E-state index contributed by atoms with van der Waals surface area (Å²) >= 11 is 5.19. The molecular weight excluding hydrogens is 350 g/mol. The van der Waals surface area contributed by atoms with Gasteiger partial charge < -0.3 is 14.8 Å². The monoisotopic (exact) mass is 377 g/mol. The highest BCUT2D eigenvalue weighted by Gasteiger charge is 2.14. The van der Waals surface area contributed by atoms with Crippen molar-refractivity contribution in [2.75, 3.05) is 6.79 Å². The number of hydrazine groups is 1. The largest absolute Gasteiger partial charge is 0.454 e. The lowest BCUT2D eigenvalue weighted by atomic mass is 9.86. The van der Waals surface area contributed by atoms with Crippen molar-refractivity contribution in [2.24, 2.45) is 5.92 Å². The molecule has 3 rings (SSSR count). The fourth-order valence-corrected chi connectivity index (χ4v) is 3.62. The third-order valence-electron chi connectivity index (χ3n) is 4.95. The van der Waals surface area contributed by atoms with Crippen molar-refractivity contribution >= 4 is 23.2 Å². The average Bonchev–Trinajstić information content (AvgIpc) is 3.13. The highest BCUT2D eigenvalue weighted by Crippen LogP contribution is 2.32. The molecule has 1 heterocycles. The highest BCUT2D eigenvalue weighted by molar-refractivity contribution is 7.80. The maximum absolute atomic E-state index is 11.9. The summed E-state index contributed by atoms with van der Waals surface area (Å²) in [6, 6.07) is 5.75. The van der Waals surface area contributed by atoms with E-state index in [1.807, 2.05) is 18.2 Å². The molecule has 1 aromatic rings. The summed E-state index contributed by atoms with van der Waals surface area (Å²) in [5.41, 5.74) is 6.44. The molecule has 0 atom stereocenters. The standard InChI is InChI=1S/C19H27N3O3S/c23-18(8-4-7-14-5-2-1-3-6-14)21-22-19(26)20-12-15-9-10-16-17(11-15)25-13-24-16/h9-11,14H,1-8,12-13H2,(H,21,23)(H2,20,22,26). The number of hydrogen-bond acceptors (Lipinski definition) is 4. The number of hydrogen-bond donors (Lipinski definition) is 3. The quantitative estimate of drug-likeness (QED) is 0.522. The van der Waals surface area contributed by atoms with Crippen LogP contribution in [-0.2, 0) is 11.3 Å². The molecule has 1 aliphatic heterocycles. The average molecular weight is 378 g/mol. The number of benzene rings is 1. The first-order valence-electron chi connectivity index (χ1n) is 9.42. The summed E-state index contributed by atoms with van der Waals surface area (Å²) in [6.45, 7) is 0.805. The molecule has 6 nitrogen and oxygen atoms in total. The molecule has 142 valence electrons. The zero-order valence-corrected chi connectivity index (χ0v) is 15.8. The SMILES string of the molecule is O=C(CCCC1CCCCC1)NNC(=S)NCc1ccc2c(c1)OCO2. The molecule has 0 saturated heterocycles. The van der Waals surface area contributed by atoms with Gasteiger partial charge in [-0.05, 0) is 48.7 Å². The van der Waals surface area contributed by atoms with Crippen LogP contribution < -0.4 is 25.6 Å². The first kappa shape index (κ1) is 18.8. The maximum Gasteiger partial charge on any atom is 0.238 e. The lowest BCUT2D eigenvalue weighted by molar-refractivity contribution is -0.121. The van der Waals surface area contributed by atoms with E-state index in [1.165, 1.54) is 32.1 Å². The predicted molar refractivity (Wildman–Crippen MR) is 104 cm³/mol. The number of carbonyl (C=O) groups is 1. The van der Waals surface area contributed by atoms with Crippen molar-refractivity contribution in [3.05, 3.63) is 23.8 Å². The molecule has 0 spiro atoms. The molecule has 1 aliphatic carbocycles. The minimum atomic E-state index is -0.0203. The van der Waals surface area contributed by atoms with Crippen LogP contribution in [0.15, 0.2) is 18.2 Å².